The van der Waals surface area contributed by atoms with Crippen LogP contribution in [0.15, 0.2) is 66.9 Å². The second-order valence-electron chi connectivity index (χ2n) is 6.18. The highest BCUT2D eigenvalue weighted by molar-refractivity contribution is 6.04. The van der Waals surface area contributed by atoms with E-state index in [1.807, 2.05) is 36.4 Å². The summed E-state index contributed by atoms with van der Waals surface area (Å²) in [5, 5.41) is 12.4. The normalized spacial score (nSPS) is 10.8. The van der Waals surface area contributed by atoms with Gasteiger partial charge in [-0.3, -0.25) is 4.79 Å². The molecule has 0 aliphatic heterocycles. The smallest absolute Gasteiger partial charge is 0.253 e. The number of imidazole rings is 1. The Morgan fingerprint density at radius 3 is 2.74 bits per heavy atom. The van der Waals surface area contributed by atoms with Gasteiger partial charge in [-0.1, -0.05) is 42.5 Å². The number of carbonyl (C=O) groups is 1. The summed E-state index contributed by atoms with van der Waals surface area (Å²) in [6, 6.07) is 18.4. The minimum Gasteiger partial charge on any atom is -0.508 e. The van der Waals surface area contributed by atoms with Crippen molar-refractivity contribution >= 4 is 17.1 Å². The van der Waals surface area contributed by atoms with Crippen LogP contribution in [-0.2, 0) is 6.42 Å². The monoisotopic (exact) mass is 358 g/mol. The van der Waals surface area contributed by atoms with Crippen molar-refractivity contribution in [3.63, 3.8) is 0 Å². The van der Waals surface area contributed by atoms with Gasteiger partial charge < -0.3 is 15.4 Å². The zero-order valence-electron chi connectivity index (χ0n) is 14.5. The number of aromatic nitrogens is 3. The van der Waals surface area contributed by atoms with Crippen molar-refractivity contribution in [2.45, 2.75) is 6.42 Å². The van der Waals surface area contributed by atoms with Crippen LogP contribution >= 0.6 is 0 Å². The molecule has 6 nitrogen and oxygen atoms in total. The molecule has 4 rings (SSSR count). The van der Waals surface area contributed by atoms with E-state index in [-0.39, 0.29) is 11.7 Å². The molecule has 2 aromatic carbocycles. The molecule has 2 heterocycles. The third kappa shape index (κ3) is 3.64. The number of carbonyl (C=O) groups excluding carboxylic acids is 1. The average molecular weight is 358 g/mol. The first kappa shape index (κ1) is 16.8. The Balaban J connectivity index is 1.52. The standard InChI is InChI=1S/C21H18N4O2/c26-16-8-4-5-14(13-16)9-11-23-21(27)17-10-12-22-20-18(17)24-19(25-20)15-6-2-1-3-7-15/h1-8,10,12-13,26H,9,11H2,(H,23,27)(H,22,24,25). The lowest BCUT2D eigenvalue weighted by Gasteiger charge is -2.06. The maximum absolute atomic E-state index is 12.6. The zero-order valence-corrected chi connectivity index (χ0v) is 14.5. The Morgan fingerprint density at radius 2 is 1.93 bits per heavy atom. The van der Waals surface area contributed by atoms with Crippen molar-refractivity contribution in [2.24, 2.45) is 0 Å². The third-order valence-electron chi connectivity index (χ3n) is 4.29. The highest BCUT2D eigenvalue weighted by Crippen LogP contribution is 2.21. The summed E-state index contributed by atoms with van der Waals surface area (Å²) in [4.78, 5) is 24.6. The van der Waals surface area contributed by atoms with Gasteiger partial charge in [0.1, 0.15) is 17.1 Å². The Labute approximate surface area is 155 Å². The van der Waals surface area contributed by atoms with Gasteiger partial charge in [0, 0.05) is 18.3 Å². The van der Waals surface area contributed by atoms with Crippen LogP contribution in [0.25, 0.3) is 22.6 Å². The second kappa shape index (κ2) is 7.29. The number of hydrogen-bond donors (Lipinski definition) is 3. The van der Waals surface area contributed by atoms with E-state index >= 15 is 0 Å². The van der Waals surface area contributed by atoms with E-state index in [1.54, 1.807) is 30.5 Å². The van der Waals surface area contributed by atoms with Gasteiger partial charge in [-0.15, -0.1) is 0 Å². The van der Waals surface area contributed by atoms with E-state index < -0.39 is 0 Å². The Kier molecular flexibility index (Phi) is 4.53. The molecular weight excluding hydrogens is 340 g/mol. The van der Waals surface area contributed by atoms with Gasteiger partial charge in [0.05, 0.1) is 5.56 Å². The minimum absolute atomic E-state index is 0.200. The number of aromatic hydroxyl groups is 1. The van der Waals surface area contributed by atoms with Crippen LogP contribution in [0.3, 0.4) is 0 Å². The van der Waals surface area contributed by atoms with Crippen LogP contribution in [0.5, 0.6) is 5.75 Å². The van der Waals surface area contributed by atoms with Gasteiger partial charge >= 0.3 is 0 Å². The topological polar surface area (TPSA) is 90.9 Å². The lowest BCUT2D eigenvalue weighted by atomic mass is 10.1. The fraction of sp³-hybridized carbons (Fsp3) is 0.0952. The molecule has 6 heteroatoms. The number of benzene rings is 2. The van der Waals surface area contributed by atoms with E-state index in [9.17, 15) is 9.90 Å². The number of aromatic amines is 1. The van der Waals surface area contributed by atoms with Gasteiger partial charge in [0.25, 0.3) is 5.91 Å². The largest absolute Gasteiger partial charge is 0.508 e. The van der Waals surface area contributed by atoms with E-state index in [0.717, 1.165) is 11.1 Å². The molecular formula is C21H18N4O2. The molecule has 4 aromatic rings. The number of phenols is 1. The van der Waals surface area contributed by atoms with Crippen molar-refractivity contribution in [2.75, 3.05) is 6.54 Å². The molecule has 0 spiro atoms. The van der Waals surface area contributed by atoms with E-state index in [1.165, 1.54) is 0 Å². The molecule has 27 heavy (non-hydrogen) atoms. The van der Waals surface area contributed by atoms with Gasteiger partial charge in [-0.2, -0.15) is 0 Å². The number of nitrogens with zero attached hydrogens (tertiary/aromatic N) is 2. The van der Waals surface area contributed by atoms with Crippen molar-refractivity contribution < 1.29 is 9.90 Å². The summed E-state index contributed by atoms with van der Waals surface area (Å²) < 4.78 is 0. The number of pyridine rings is 1. The summed E-state index contributed by atoms with van der Waals surface area (Å²) in [6.07, 6.45) is 2.23. The lowest BCUT2D eigenvalue weighted by Crippen LogP contribution is -2.26. The number of phenolic OH excluding ortho intramolecular Hbond substituents is 1. The van der Waals surface area contributed by atoms with E-state index in [0.29, 0.717) is 35.5 Å². The van der Waals surface area contributed by atoms with Crippen LogP contribution in [-0.4, -0.2) is 32.5 Å². The number of H-pyrrole nitrogens is 1. The first-order chi connectivity index (χ1) is 13.2. The van der Waals surface area contributed by atoms with Crippen LogP contribution in [0.2, 0.25) is 0 Å². The van der Waals surface area contributed by atoms with Crippen LogP contribution in [0.1, 0.15) is 15.9 Å². The number of rotatable bonds is 5. The maximum atomic E-state index is 12.6. The molecule has 3 N–H and O–H groups in total. The molecule has 0 saturated carbocycles. The predicted molar refractivity (Wildman–Crippen MR) is 103 cm³/mol. The van der Waals surface area contributed by atoms with Crippen molar-refractivity contribution in [1.29, 1.82) is 0 Å². The molecule has 0 unspecified atom stereocenters. The van der Waals surface area contributed by atoms with Crippen molar-refractivity contribution in [3.05, 3.63) is 78.0 Å². The number of fused-ring (bicyclic) bond motifs is 1. The fourth-order valence-corrected chi connectivity index (χ4v) is 2.95. The molecule has 0 fully saturated rings. The van der Waals surface area contributed by atoms with Gasteiger partial charge in [0.2, 0.25) is 0 Å². The fourth-order valence-electron chi connectivity index (χ4n) is 2.95. The van der Waals surface area contributed by atoms with E-state index in [4.69, 9.17) is 0 Å². The quantitative estimate of drug-likeness (QED) is 0.510. The van der Waals surface area contributed by atoms with Gasteiger partial charge in [-0.05, 0) is 30.2 Å². The molecule has 0 aliphatic carbocycles. The Bertz CT molecular complexity index is 1090. The molecule has 0 atom stereocenters. The number of amides is 1. The van der Waals surface area contributed by atoms with Crippen molar-refractivity contribution in [1.82, 2.24) is 20.3 Å². The number of nitrogens with one attached hydrogen (secondary N) is 2. The second-order valence-corrected chi connectivity index (χ2v) is 6.18. The molecule has 1 amide bonds. The van der Waals surface area contributed by atoms with Gasteiger partial charge in [-0.25, -0.2) is 9.97 Å². The Morgan fingerprint density at radius 1 is 1.07 bits per heavy atom. The SMILES string of the molecule is O=C(NCCc1cccc(O)c1)c1ccnc2[nH]c(-c3ccccc3)nc12. The Hall–Kier alpha value is -3.67. The molecule has 0 radical (unpaired) electrons. The van der Waals surface area contributed by atoms with Crippen LogP contribution in [0, 0.1) is 0 Å². The van der Waals surface area contributed by atoms with E-state index in [2.05, 4.69) is 20.3 Å². The van der Waals surface area contributed by atoms with Crippen molar-refractivity contribution in [3.8, 4) is 17.1 Å². The number of hydrogen-bond acceptors (Lipinski definition) is 4. The van der Waals surface area contributed by atoms with Crippen LogP contribution in [0.4, 0.5) is 0 Å². The van der Waals surface area contributed by atoms with Crippen LogP contribution < -0.4 is 5.32 Å². The summed E-state index contributed by atoms with van der Waals surface area (Å²) in [5.41, 5.74) is 3.50. The molecule has 0 aliphatic rings. The first-order valence-electron chi connectivity index (χ1n) is 8.67. The molecule has 0 bridgehead atoms. The maximum Gasteiger partial charge on any atom is 0.253 e. The lowest BCUT2D eigenvalue weighted by molar-refractivity contribution is 0.0955. The molecule has 2 aromatic heterocycles. The molecule has 134 valence electrons. The molecule has 0 saturated heterocycles. The third-order valence-corrected chi connectivity index (χ3v) is 4.29. The van der Waals surface area contributed by atoms with Gasteiger partial charge in [0.15, 0.2) is 5.65 Å². The highest BCUT2D eigenvalue weighted by atomic mass is 16.3. The zero-order chi connectivity index (χ0) is 18.6. The minimum atomic E-state index is -0.200. The summed E-state index contributed by atoms with van der Waals surface area (Å²) in [6.45, 7) is 0.460. The predicted octanol–water partition coefficient (Wildman–Crippen LogP) is 3.30. The summed E-state index contributed by atoms with van der Waals surface area (Å²) >= 11 is 0. The average Bonchev–Trinajstić information content (AvgIpc) is 3.13. The summed E-state index contributed by atoms with van der Waals surface area (Å²) in [7, 11) is 0. The summed E-state index contributed by atoms with van der Waals surface area (Å²) in [5.74, 6) is 0.700. The first-order valence-corrected chi connectivity index (χ1v) is 8.67. The highest BCUT2D eigenvalue weighted by Gasteiger charge is 2.15.